The van der Waals surface area contributed by atoms with Crippen LogP contribution in [0.15, 0.2) is 24.3 Å². The largest absolute Gasteiger partial charge is 0.491 e. The van der Waals surface area contributed by atoms with Gasteiger partial charge in [-0.1, -0.05) is 19.1 Å². The molecule has 2 rings (SSSR count). The highest BCUT2D eigenvalue weighted by molar-refractivity contribution is 5.85. The van der Waals surface area contributed by atoms with Crippen molar-refractivity contribution in [1.29, 1.82) is 0 Å². The summed E-state index contributed by atoms with van der Waals surface area (Å²) < 4.78 is 43.7. The van der Waals surface area contributed by atoms with E-state index in [0.717, 1.165) is 32.0 Å². The maximum absolute atomic E-state index is 12.9. The molecule has 4 nitrogen and oxygen atoms in total. The van der Waals surface area contributed by atoms with Gasteiger partial charge < -0.3 is 15.4 Å². The van der Waals surface area contributed by atoms with Crippen molar-refractivity contribution in [3.8, 4) is 5.75 Å². The summed E-state index contributed by atoms with van der Waals surface area (Å²) in [4.78, 5) is 12.0. The number of rotatable bonds is 7. The third-order valence-electron chi connectivity index (χ3n) is 4.52. The number of para-hydroxylation sites is 1. The maximum atomic E-state index is 12.9. The standard InChI is InChI=1S/C18H25F3N2O2.ClH/c1-13(14-5-4-8-22-12-14)11-17(24)23-9-10-25-16-7-3-2-6-15(16)18(19,20)21;/h2-3,6-7,13-14,22H,4-5,8-12H2,1H3,(H,23,24);1H. The van der Waals surface area contributed by atoms with Crippen LogP contribution < -0.4 is 15.4 Å². The Morgan fingerprint density at radius 1 is 1.38 bits per heavy atom. The summed E-state index contributed by atoms with van der Waals surface area (Å²) in [6, 6.07) is 5.07. The Balaban J connectivity index is 0.00000338. The zero-order valence-electron chi connectivity index (χ0n) is 14.8. The van der Waals surface area contributed by atoms with E-state index in [0.29, 0.717) is 12.3 Å². The molecule has 0 aromatic heterocycles. The molecule has 0 saturated carbocycles. The predicted octanol–water partition coefficient (Wildman–Crippen LogP) is 3.65. The van der Waals surface area contributed by atoms with Crippen molar-refractivity contribution in [3.63, 3.8) is 0 Å². The molecule has 0 aliphatic carbocycles. The second kappa shape index (κ2) is 10.6. The Morgan fingerprint density at radius 2 is 2.12 bits per heavy atom. The number of ether oxygens (including phenoxy) is 1. The van der Waals surface area contributed by atoms with E-state index in [2.05, 4.69) is 17.6 Å². The van der Waals surface area contributed by atoms with Gasteiger partial charge in [0.2, 0.25) is 5.91 Å². The molecule has 1 saturated heterocycles. The van der Waals surface area contributed by atoms with Gasteiger partial charge in [-0.15, -0.1) is 12.4 Å². The van der Waals surface area contributed by atoms with Gasteiger partial charge in [0, 0.05) is 6.42 Å². The number of carbonyl (C=O) groups excluding carboxylic acids is 1. The van der Waals surface area contributed by atoms with Crippen molar-refractivity contribution >= 4 is 18.3 Å². The van der Waals surface area contributed by atoms with Gasteiger partial charge in [-0.05, 0) is 49.9 Å². The molecular formula is C18H26ClF3N2O2. The number of nitrogens with one attached hydrogen (secondary N) is 2. The van der Waals surface area contributed by atoms with Gasteiger partial charge in [0.1, 0.15) is 12.4 Å². The van der Waals surface area contributed by atoms with Crippen molar-refractivity contribution in [3.05, 3.63) is 29.8 Å². The van der Waals surface area contributed by atoms with Crippen LogP contribution in [0.3, 0.4) is 0 Å². The van der Waals surface area contributed by atoms with Crippen LogP contribution in [0.1, 0.15) is 31.7 Å². The molecule has 1 aliphatic rings. The summed E-state index contributed by atoms with van der Waals surface area (Å²) in [5.41, 5.74) is -0.806. The number of alkyl halides is 3. The minimum atomic E-state index is -4.46. The summed E-state index contributed by atoms with van der Waals surface area (Å²) >= 11 is 0. The molecule has 1 aromatic carbocycles. The summed E-state index contributed by atoms with van der Waals surface area (Å²) in [7, 11) is 0. The van der Waals surface area contributed by atoms with Gasteiger partial charge in [-0.3, -0.25) is 4.79 Å². The van der Waals surface area contributed by atoms with Gasteiger partial charge >= 0.3 is 6.18 Å². The van der Waals surface area contributed by atoms with E-state index in [1.165, 1.54) is 18.2 Å². The third kappa shape index (κ3) is 7.03. The number of piperidine rings is 1. The van der Waals surface area contributed by atoms with E-state index in [1.54, 1.807) is 0 Å². The van der Waals surface area contributed by atoms with Crippen molar-refractivity contribution in [1.82, 2.24) is 10.6 Å². The normalized spacial score (nSPS) is 18.5. The Hall–Kier alpha value is -1.47. The van der Waals surface area contributed by atoms with Gasteiger partial charge in [-0.25, -0.2) is 0 Å². The number of benzene rings is 1. The molecular weight excluding hydrogens is 369 g/mol. The monoisotopic (exact) mass is 394 g/mol. The van der Waals surface area contributed by atoms with E-state index in [1.807, 2.05) is 0 Å². The Kier molecular flexibility index (Phi) is 9.22. The van der Waals surface area contributed by atoms with Crippen LogP contribution in [-0.2, 0) is 11.0 Å². The summed E-state index contributed by atoms with van der Waals surface area (Å²) in [5.74, 6) is 0.464. The van der Waals surface area contributed by atoms with E-state index < -0.39 is 11.7 Å². The van der Waals surface area contributed by atoms with Crippen LogP contribution in [-0.4, -0.2) is 32.1 Å². The van der Waals surface area contributed by atoms with Gasteiger partial charge in [0.05, 0.1) is 12.1 Å². The predicted molar refractivity (Wildman–Crippen MR) is 96.6 cm³/mol. The first-order chi connectivity index (χ1) is 11.9. The van der Waals surface area contributed by atoms with Crippen LogP contribution in [0, 0.1) is 11.8 Å². The zero-order chi connectivity index (χ0) is 18.3. The van der Waals surface area contributed by atoms with Crippen LogP contribution in [0.4, 0.5) is 13.2 Å². The first-order valence-electron chi connectivity index (χ1n) is 8.64. The molecule has 1 aliphatic heterocycles. The maximum Gasteiger partial charge on any atom is 0.419 e. The lowest BCUT2D eigenvalue weighted by Gasteiger charge is -2.28. The average Bonchev–Trinajstić information content (AvgIpc) is 2.59. The molecule has 1 aromatic rings. The molecule has 2 atom stereocenters. The fourth-order valence-corrected chi connectivity index (χ4v) is 3.07. The van der Waals surface area contributed by atoms with Crippen molar-refractivity contribution in [2.45, 2.75) is 32.4 Å². The first kappa shape index (κ1) is 22.6. The van der Waals surface area contributed by atoms with E-state index in [-0.39, 0.29) is 43.1 Å². The highest BCUT2D eigenvalue weighted by Gasteiger charge is 2.33. The zero-order valence-corrected chi connectivity index (χ0v) is 15.6. The molecule has 2 N–H and O–H groups in total. The third-order valence-corrected chi connectivity index (χ3v) is 4.52. The summed E-state index contributed by atoms with van der Waals surface area (Å²) in [5, 5.41) is 6.05. The molecule has 2 unspecified atom stereocenters. The van der Waals surface area contributed by atoms with Crippen molar-refractivity contribution in [2.75, 3.05) is 26.2 Å². The number of amides is 1. The minimum absolute atomic E-state index is 0. The Bertz CT molecular complexity index is 564. The number of hydrogen-bond acceptors (Lipinski definition) is 3. The fourth-order valence-electron chi connectivity index (χ4n) is 3.07. The lowest BCUT2D eigenvalue weighted by atomic mass is 9.85. The van der Waals surface area contributed by atoms with Gasteiger partial charge in [-0.2, -0.15) is 13.2 Å². The SMILES string of the molecule is CC(CC(=O)NCCOc1ccccc1C(F)(F)F)C1CCCNC1.Cl. The van der Waals surface area contributed by atoms with Crippen LogP contribution in [0.25, 0.3) is 0 Å². The molecule has 0 bridgehead atoms. The second-order valence-corrected chi connectivity index (χ2v) is 6.48. The number of carbonyl (C=O) groups is 1. The van der Waals surface area contributed by atoms with Crippen LogP contribution >= 0.6 is 12.4 Å². The molecule has 26 heavy (non-hydrogen) atoms. The fraction of sp³-hybridized carbons (Fsp3) is 0.611. The average molecular weight is 395 g/mol. The molecule has 0 radical (unpaired) electrons. The minimum Gasteiger partial charge on any atom is -0.491 e. The lowest BCUT2D eigenvalue weighted by molar-refractivity contribution is -0.139. The van der Waals surface area contributed by atoms with Crippen molar-refractivity contribution < 1.29 is 22.7 Å². The highest BCUT2D eigenvalue weighted by Crippen LogP contribution is 2.35. The lowest BCUT2D eigenvalue weighted by Crippen LogP contribution is -2.36. The number of hydrogen-bond donors (Lipinski definition) is 2. The van der Waals surface area contributed by atoms with Gasteiger partial charge in [0.15, 0.2) is 0 Å². The van der Waals surface area contributed by atoms with E-state index in [9.17, 15) is 18.0 Å². The van der Waals surface area contributed by atoms with E-state index in [4.69, 9.17) is 4.74 Å². The second-order valence-electron chi connectivity index (χ2n) is 6.48. The quantitative estimate of drug-likeness (QED) is 0.694. The topological polar surface area (TPSA) is 50.4 Å². The van der Waals surface area contributed by atoms with Crippen LogP contribution in [0.2, 0.25) is 0 Å². The molecule has 8 heteroatoms. The Labute approximate surface area is 158 Å². The summed E-state index contributed by atoms with van der Waals surface area (Å²) in [6.45, 7) is 4.21. The molecule has 1 fully saturated rings. The number of halogens is 4. The molecule has 1 heterocycles. The van der Waals surface area contributed by atoms with Crippen molar-refractivity contribution in [2.24, 2.45) is 11.8 Å². The molecule has 148 valence electrons. The highest BCUT2D eigenvalue weighted by atomic mass is 35.5. The summed E-state index contributed by atoms with van der Waals surface area (Å²) in [6.07, 6.45) is -1.78. The van der Waals surface area contributed by atoms with E-state index >= 15 is 0 Å². The smallest absolute Gasteiger partial charge is 0.419 e. The first-order valence-corrected chi connectivity index (χ1v) is 8.64. The molecule has 1 amide bonds. The Morgan fingerprint density at radius 3 is 2.77 bits per heavy atom. The molecule has 0 spiro atoms. The van der Waals surface area contributed by atoms with Gasteiger partial charge in [0.25, 0.3) is 0 Å². The van der Waals surface area contributed by atoms with Crippen LogP contribution in [0.5, 0.6) is 5.75 Å².